The standard InChI is InChI=1S/C25H31N3O2/c1-26(23-12-7-9-20-8-3-4-10-22(20)23)18-21(29)19-27-14-16-28(17-15-27)24-11-5-6-13-25(24)30-2/h3-13,21,29H,14-19H2,1-2H3. The van der Waals surface area contributed by atoms with Gasteiger partial charge in [0.15, 0.2) is 0 Å². The monoisotopic (exact) mass is 405 g/mol. The van der Waals surface area contributed by atoms with E-state index in [1.807, 2.05) is 12.1 Å². The van der Waals surface area contributed by atoms with Crippen LogP contribution in [0.4, 0.5) is 11.4 Å². The number of aliphatic hydroxyl groups excluding tert-OH is 1. The zero-order valence-corrected chi connectivity index (χ0v) is 17.9. The molecular formula is C25H31N3O2. The van der Waals surface area contributed by atoms with Gasteiger partial charge in [0.1, 0.15) is 5.75 Å². The Balaban J connectivity index is 1.32. The van der Waals surface area contributed by atoms with Crippen LogP contribution in [-0.2, 0) is 0 Å². The first kappa shape index (κ1) is 20.5. The number of likely N-dealkylation sites (N-methyl/N-ethyl adjacent to an activating group) is 1. The predicted molar refractivity (Wildman–Crippen MR) is 125 cm³/mol. The lowest BCUT2D eigenvalue weighted by molar-refractivity contribution is 0.114. The van der Waals surface area contributed by atoms with Crippen LogP contribution in [0, 0.1) is 0 Å². The second-order valence-electron chi connectivity index (χ2n) is 7.99. The summed E-state index contributed by atoms with van der Waals surface area (Å²) in [5.41, 5.74) is 2.31. The Labute approximate surface area is 179 Å². The minimum Gasteiger partial charge on any atom is -0.495 e. The lowest BCUT2D eigenvalue weighted by Gasteiger charge is -2.37. The third-order valence-electron chi connectivity index (χ3n) is 5.93. The molecule has 1 unspecified atom stereocenters. The van der Waals surface area contributed by atoms with Crippen LogP contribution >= 0.6 is 0 Å². The van der Waals surface area contributed by atoms with Crippen molar-refractivity contribution in [2.45, 2.75) is 6.10 Å². The number of rotatable bonds is 7. The van der Waals surface area contributed by atoms with Crippen molar-refractivity contribution in [1.82, 2.24) is 4.90 Å². The van der Waals surface area contributed by atoms with Crippen LogP contribution in [0.5, 0.6) is 5.75 Å². The van der Waals surface area contributed by atoms with Gasteiger partial charge < -0.3 is 19.6 Å². The number of piperazine rings is 1. The maximum atomic E-state index is 10.8. The fourth-order valence-corrected chi connectivity index (χ4v) is 4.37. The number of β-amino-alcohol motifs (C(OH)–C–C–N with tert-alkyl or cyclic N) is 1. The molecule has 4 rings (SSSR count). The van der Waals surface area contributed by atoms with Crippen molar-refractivity contribution in [3.63, 3.8) is 0 Å². The molecule has 1 saturated heterocycles. The number of benzene rings is 3. The molecule has 1 aliphatic rings. The number of hydrogen-bond donors (Lipinski definition) is 1. The van der Waals surface area contributed by atoms with Gasteiger partial charge in [-0.05, 0) is 23.6 Å². The molecule has 5 heteroatoms. The molecule has 0 radical (unpaired) electrons. The summed E-state index contributed by atoms with van der Waals surface area (Å²) in [4.78, 5) is 6.88. The van der Waals surface area contributed by atoms with Gasteiger partial charge in [-0.25, -0.2) is 0 Å². The third kappa shape index (κ3) is 4.53. The summed E-state index contributed by atoms with van der Waals surface area (Å²) >= 11 is 0. The molecule has 0 amide bonds. The molecule has 3 aromatic rings. The van der Waals surface area contributed by atoms with Crippen molar-refractivity contribution in [2.24, 2.45) is 0 Å². The van der Waals surface area contributed by atoms with Gasteiger partial charge in [-0.2, -0.15) is 0 Å². The molecule has 0 aromatic heterocycles. The molecule has 0 aliphatic carbocycles. The number of hydrogen-bond acceptors (Lipinski definition) is 5. The van der Waals surface area contributed by atoms with Gasteiger partial charge in [0.25, 0.3) is 0 Å². The van der Waals surface area contributed by atoms with Crippen LogP contribution in [0.15, 0.2) is 66.7 Å². The minimum absolute atomic E-state index is 0.397. The molecule has 3 aromatic carbocycles. The van der Waals surface area contributed by atoms with E-state index >= 15 is 0 Å². The zero-order valence-electron chi connectivity index (χ0n) is 17.9. The van der Waals surface area contributed by atoms with Crippen LogP contribution < -0.4 is 14.5 Å². The van der Waals surface area contributed by atoms with Crippen molar-refractivity contribution in [3.05, 3.63) is 66.7 Å². The first-order valence-electron chi connectivity index (χ1n) is 10.6. The van der Waals surface area contributed by atoms with E-state index < -0.39 is 6.10 Å². The molecule has 0 bridgehead atoms. The summed E-state index contributed by atoms with van der Waals surface area (Å²) in [6.45, 7) is 5.05. The Kier molecular flexibility index (Phi) is 6.41. The summed E-state index contributed by atoms with van der Waals surface area (Å²) in [5, 5.41) is 13.2. The molecule has 0 spiro atoms. The average Bonchev–Trinajstić information content (AvgIpc) is 2.79. The SMILES string of the molecule is COc1ccccc1N1CCN(CC(O)CN(C)c2cccc3ccccc23)CC1. The summed E-state index contributed by atoms with van der Waals surface area (Å²) in [5.74, 6) is 0.919. The highest BCUT2D eigenvalue weighted by molar-refractivity contribution is 5.94. The number of ether oxygens (including phenoxy) is 1. The number of aliphatic hydroxyl groups is 1. The number of fused-ring (bicyclic) bond motifs is 1. The highest BCUT2D eigenvalue weighted by Gasteiger charge is 2.22. The van der Waals surface area contributed by atoms with Crippen LogP contribution in [0.2, 0.25) is 0 Å². The van der Waals surface area contributed by atoms with Crippen molar-refractivity contribution in [1.29, 1.82) is 0 Å². The van der Waals surface area contributed by atoms with E-state index in [1.165, 1.54) is 10.8 Å². The van der Waals surface area contributed by atoms with Crippen molar-refractivity contribution in [3.8, 4) is 5.75 Å². The molecule has 5 nitrogen and oxygen atoms in total. The first-order valence-corrected chi connectivity index (χ1v) is 10.6. The number of anilines is 2. The zero-order chi connectivity index (χ0) is 20.9. The van der Waals surface area contributed by atoms with E-state index in [0.29, 0.717) is 13.1 Å². The van der Waals surface area contributed by atoms with Gasteiger partial charge in [0.2, 0.25) is 0 Å². The number of para-hydroxylation sites is 2. The van der Waals surface area contributed by atoms with Crippen molar-refractivity contribution >= 4 is 22.1 Å². The Morgan fingerprint density at radius 2 is 1.63 bits per heavy atom. The largest absolute Gasteiger partial charge is 0.495 e. The number of nitrogens with zero attached hydrogens (tertiary/aromatic N) is 3. The molecule has 1 atom stereocenters. The highest BCUT2D eigenvalue weighted by atomic mass is 16.5. The summed E-state index contributed by atoms with van der Waals surface area (Å²) in [7, 11) is 3.78. The Hall–Kier alpha value is -2.76. The normalized spacial score (nSPS) is 15.9. The molecule has 0 saturated carbocycles. The maximum Gasteiger partial charge on any atom is 0.142 e. The molecular weight excluding hydrogens is 374 g/mol. The van der Waals surface area contributed by atoms with Gasteiger partial charge in [0, 0.05) is 57.4 Å². The molecule has 158 valence electrons. The lowest BCUT2D eigenvalue weighted by Crippen LogP contribution is -2.50. The maximum absolute atomic E-state index is 10.8. The first-order chi connectivity index (χ1) is 14.7. The quantitative estimate of drug-likeness (QED) is 0.652. The van der Waals surface area contributed by atoms with E-state index in [9.17, 15) is 5.11 Å². The Morgan fingerprint density at radius 3 is 2.43 bits per heavy atom. The predicted octanol–water partition coefficient (Wildman–Crippen LogP) is 3.47. The lowest BCUT2D eigenvalue weighted by atomic mass is 10.1. The molecule has 1 fully saturated rings. The fourth-order valence-electron chi connectivity index (χ4n) is 4.37. The van der Waals surface area contributed by atoms with E-state index in [4.69, 9.17) is 4.74 Å². The van der Waals surface area contributed by atoms with E-state index in [-0.39, 0.29) is 0 Å². The molecule has 1 heterocycles. The van der Waals surface area contributed by atoms with Crippen molar-refractivity contribution in [2.75, 3.05) is 63.2 Å². The van der Waals surface area contributed by atoms with Gasteiger partial charge in [-0.1, -0.05) is 48.5 Å². The minimum atomic E-state index is -0.397. The van der Waals surface area contributed by atoms with Crippen LogP contribution in [0.25, 0.3) is 10.8 Å². The summed E-state index contributed by atoms with van der Waals surface area (Å²) in [6, 6.07) is 22.9. The molecule has 1 N–H and O–H groups in total. The Morgan fingerprint density at radius 1 is 0.933 bits per heavy atom. The number of methoxy groups -OCH3 is 1. The Bertz CT molecular complexity index is 964. The van der Waals surface area contributed by atoms with Crippen LogP contribution in [-0.4, -0.2) is 69.5 Å². The van der Waals surface area contributed by atoms with Gasteiger partial charge in [0.05, 0.1) is 18.9 Å². The topological polar surface area (TPSA) is 39.2 Å². The van der Waals surface area contributed by atoms with Gasteiger partial charge >= 0.3 is 0 Å². The second kappa shape index (κ2) is 9.37. The summed E-state index contributed by atoms with van der Waals surface area (Å²) in [6.07, 6.45) is -0.397. The second-order valence-corrected chi connectivity index (χ2v) is 7.99. The van der Waals surface area contributed by atoms with E-state index in [2.05, 4.69) is 76.3 Å². The average molecular weight is 406 g/mol. The highest BCUT2D eigenvalue weighted by Crippen LogP contribution is 2.29. The molecule has 30 heavy (non-hydrogen) atoms. The smallest absolute Gasteiger partial charge is 0.142 e. The van der Waals surface area contributed by atoms with Crippen molar-refractivity contribution < 1.29 is 9.84 Å². The van der Waals surface area contributed by atoms with Gasteiger partial charge in [-0.15, -0.1) is 0 Å². The fraction of sp³-hybridized carbons (Fsp3) is 0.360. The molecule has 1 aliphatic heterocycles. The van der Waals surface area contributed by atoms with Crippen LogP contribution in [0.3, 0.4) is 0 Å². The van der Waals surface area contributed by atoms with Gasteiger partial charge in [-0.3, -0.25) is 4.90 Å². The van der Waals surface area contributed by atoms with Crippen LogP contribution in [0.1, 0.15) is 0 Å². The summed E-state index contributed by atoms with van der Waals surface area (Å²) < 4.78 is 5.51. The van der Waals surface area contributed by atoms with E-state index in [0.717, 1.165) is 43.3 Å². The van der Waals surface area contributed by atoms with E-state index in [1.54, 1.807) is 7.11 Å². The third-order valence-corrected chi connectivity index (χ3v) is 5.93.